The summed E-state index contributed by atoms with van der Waals surface area (Å²) in [6, 6.07) is 26.2. The summed E-state index contributed by atoms with van der Waals surface area (Å²) in [5.74, 6) is 0.804. The smallest absolute Gasteiger partial charge is 0.253 e. The largest absolute Gasteiger partial charge is 0.497 e. The highest BCUT2D eigenvalue weighted by Gasteiger charge is 2.14. The van der Waals surface area contributed by atoms with Gasteiger partial charge in [0.15, 0.2) is 5.11 Å². The molecule has 0 saturated heterocycles. The number of aromatic nitrogens is 1. The van der Waals surface area contributed by atoms with E-state index in [-0.39, 0.29) is 5.56 Å². The highest BCUT2D eigenvalue weighted by Crippen LogP contribution is 2.18. The Morgan fingerprint density at radius 3 is 2.38 bits per heavy atom. The zero-order chi connectivity index (χ0) is 23.9. The van der Waals surface area contributed by atoms with Crippen molar-refractivity contribution in [3.05, 3.63) is 111 Å². The van der Waals surface area contributed by atoms with Gasteiger partial charge >= 0.3 is 0 Å². The summed E-state index contributed by atoms with van der Waals surface area (Å²) < 4.78 is 5.28. The van der Waals surface area contributed by atoms with E-state index >= 15 is 0 Å². The molecule has 0 aliphatic carbocycles. The second-order valence-corrected chi connectivity index (χ2v) is 8.63. The fraction of sp³-hybridized carbons (Fsp3) is 0.214. The third-order valence-corrected chi connectivity index (χ3v) is 6.26. The van der Waals surface area contributed by atoms with Crippen LogP contribution in [0.25, 0.3) is 10.9 Å². The summed E-state index contributed by atoms with van der Waals surface area (Å²) in [6.45, 7) is 3.71. The van der Waals surface area contributed by atoms with E-state index in [9.17, 15) is 4.79 Å². The SMILES string of the molecule is CCc1ccc2[nH]c(=O)c(CN(Cc3ccc(OC)cc3)C(=S)NCc3ccccc3)cc2c1. The summed E-state index contributed by atoms with van der Waals surface area (Å²) in [4.78, 5) is 18.0. The minimum Gasteiger partial charge on any atom is -0.497 e. The summed E-state index contributed by atoms with van der Waals surface area (Å²) in [6.07, 6.45) is 0.946. The number of hydrogen-bond acceptors (Lipinski definition) is 3. The zero-order valence-electron chi connectivity index (χ0n) is 19.5. The average Bonchev–Trinajstić information content (AvgIpc) is 2.88. The first-order chi connectivity index (χ1) is 16.6. The van der Waals surface area contributed by atoms with E-state index in [1.807, 2.05) is 59.5 Å². The van der Waals surface area contributed by atoms with Crippen LogP contribution in [0.3, 0.4) is 0 Å². The minimum absolute atomic E-state index is 0.0951. The van der Waals surface area contributed by atoms with Crippen LogP contribution in [0.5, 0.6) is 5.75 Å². The monoisotopic (exact) mass is 471 g/mol. The summed E-state index contributed by atoms with van der Waals surface area (Å²) >= 11 is 5.78. The predicted octanol–water partition coefficient (Wildman–Crippen LogP) is 5.18. The lowest BCUT2D eigenvalue weighted by Crippen LogP contribution is -2.39. The summed E-state index contributed by atoms with van der Waals surface area (Å²) in [7, 11) is 1.65. The van der Waals surface area contributed by atoms with Gasteiger partial charge in [0.2, 0.25) is 0 Å². The molecule has 3 aromatic carbocycles. The fourth-order valence-corrected chi connectivity index (χ4v) is 4.08. The molecule has 0 spiro atoms. The number of ether oxygens (including phenoxy) is 1. The molecular formula is C28H29N3O2S. The number of pyridine rings is 1. The van der Waals surface area contributed by atoms with E-state index in [2.05, 4.69) is 41.5 Å². The van der Waals surface area contributed by atoms with E-state index < -0.39 is 0 Å². The molecule has 0 saturated carbocycles. The molecule has 0 unspecified atom stereocenters. The Morgan fingerprint density at radius 1 is 0.941 bits per heavy atom. The van der Waals surface area contributed by atoms with E-state index in [4.69, 9.17) is 17.0 Å². The minimum atomic E-state index is -0.0951. The van der Waals surface area contributed by atoms with Gasteiger partial charge in [0.25, 0.3) is 5.56 Å². The van der Waals surface area contributed by atoms with Crippen molar-refractivity contribution in [2.45, 2.75) is 33.0 Å². The molecule has 0 fully saturated rings. The third-order valence-electron chi connectivity index (χ3n) is 5.86. The quantitative estimate of drug-likeness (QED) is 0.347. The lowest BCUT2D eigenvalue weighted by atomic mass is 10.1. The van der Waals surface area contributed by atoms with Crippen LogP contribution in [-0.4, -0.2) is 22.1 Å². The molecule has 2 N–H and O–H groups in total. The Labute approximate surface area is 205 Å². The zero-order valence-corrected chi connectivity index (χ0v) is 20.3. The molecule has 4 rings (SSSR count). The van der Waals surface area contributed by atoms with Crippen molar-refractivity contribution < 1.29 is 4.74 Å². The van der Waals surface area contributed by atoms with Gasteiger partial charge in [-0.25, -0.2) is 0 Å². The van der Waals surface area contributed by atoms with Crippen LogP contribution in [0.15, 0.2) is 83.7 Å². The molecule has 0 aliphatic rings. The number of H-pyrrole nitrogens is 1. The molecule has 0 atom stereocenters. The third kappa shape index (κ3) is 5.83. The van der Waals surface area contributed by atoms with E-state index in [1.165, 1.54) is 5.56 Å². The van der Waals surface area contributed by atoms with E-state index in [0.29, 0.717) is 30.3 Å². The lowest BCUT2D eigenvalue weighted by molar-refractivity contribution is 0.395. The van der Waals surface area contributed by atoms with Crippen LogP contribution in [0.2, 0.25) is 0 Å². The van der Waals surface area contributed by atoms with Crippen molar-refractivity contribution in [2.24, 2.45) is 0 Å². The lowest BCUT2D eigenvalue weighted by Gasteiger charge is -2.26. The molecule has 34 heavy (non-hydrogen) atoms. The number of thiocarbonyl (C=S) groups is 1. The number of benzene rings is 3. The number of fused-ring (bicyclic) bond motifs is 1. The van der Waals surface area contributed by atoms with Gasteiger partial charge in [-0.3, -0.25) is 4.79 Å². The number of rotatable bonds is 8. The predicted molar refractivity (Wildman–Crippen MR) is 142 cm³/mol. The average molecular weight is 472 g/mol. The van der Waals surface area contributed by atoms with Crippen molar-refractivity contribution in [1.29, 1.82) is 0 Å². The van der Waals surface area contributed by atoms with E-state index in [0.717, 1.165) is 34.2 Å². The second-order valence-electron chi connectivity index (χ2n) is 8.25. The fourth-order valence-electron chi connectivity index (χ4n) is 3.88. The molecule has 0 aliphatic heterocycles. The first-order valence-electron chi connectivity index (χ1n) is 11.4. The van der Waals surface area contributed by atoms with Crippen molar-refractivity contribution in [2.75, 3.05) is 7.11 Å². The van der Waals surface area contributed by atoms with Crippen LogP contribution in [0, 0.1) is 0 Å². The Morgan fingerprint density at radius 2 is 1.68 bits per heavy atom. The topological polar surface area (TPSA) is 57.4 Å². The van der Waals surface area contributed by atoms with Crippen molar-refractivity contribution in [3.63, 3.8) is 0 Å². The summed E-state index contributed by atoms with van der Waals surface area (Å²) in [5, 5.41) is 4.99. The van der Waals surface area contributed by atoms with Crippen LogP contribution in [0.1, 0.15) is 29.2 Å². The normalized spacial score (nSPS) is 10.8. The molecule has 4 aromatic rings. The maximum Gasteiger partial charge on any atom is 0.253 e. The maximum atomic E-state index is 12.9. The molecule has 1 heterocycles. The molecule has 174 valence electrons. The summed E-state index contributed by atoms with van der Waals surface area (Å²) in [5.41, 5.74) is 4.89. The highest BCUT2D eigenvalue weighted by molar-refractivity contribution is 7.80. The number of aryl methyl sites for hydroxylation is 1. The Kier molecular flexibility index (Phi) is 7.60. The van der Waals surface area contributed by atoms with E-state index in [1.54, 1.807) is 7.11 Å². The maximum absolute atomic E-state index is 12.9. The first-order valence-corrected chi connectivity index (χ1v) is 11.8. The molecular weight excluding hydrogens is 442 g/mol. The van der Waals surface area contributed by atoms with Gasteiger partial charge in [-0.1, -0.05) is 55.5 Å². The number of hydrogen-bond donors (Lipinski definition) is 2. The molecule has 5 nitrogen and oxygen atoms in total. The molecule has 0 bridgehead atoms. The van der Waals surface area contributed by atoms with Gasteiger partial charge in [-0.05, 0) is 71.0 Å². The van der Waals surface area contributed by atoms with Crippen LogP contribution < -0.4 is 15.6 Å². The van der Waals surface area contributed by atoms with Gasteiger partial charge in [0.05, 0.1) is 13.7 Å². The Hall–Kier alpha value is -3.64. The van der Waals surface area contributed by atoms with Gasteiger partial charge in [-0.2, -0.15) is 0 Å². The highest BCUT2D eigenvalue weighted by atomic mass is 32.1. The van der Waals surface area contributed by atoms with Crippen molar-refractivity contribution in [3.8, 4) is 5.75 Å². The Bertz CT molecular complexity index is 1320. The van der Waals surface area contributed by atoms with Crippen LogP contribution in [-0.2, 0) is 26.1 Å². The molecule has 6 heteroatoms. The van der Waals surface area contributed by atoms with Crippen LogP contribution >= 0.6 is 12.2 Å². The van der Waals surface area contributed by atoms with Crippen molar-refractivity contribution >= 4 is 28.2 Å². The molecule has 1 aromatic heterocycles. The first kappa shape index (κ1) is 23.5. The number of nitrogens with one attached hydrogen (secondary N) is 2. The van der Waals surface area contributed by atoms with Gasteiger partial charge in [0, 0.05) is 24.2 Å². The number of nitrogens with zero attached hydrogens (tertiary/aromatic N) is 1. The Balaban J connectivity index is 1.60. The number of methoxy groups -OCH3 is 1. The second kappa shape index (κ2) is 11.0. The van der Waals surface area contributed by atoms with Gasteiger partial charge in [0.1, 0.15) is 5.75 Å². The van der Waals surface area contributed by atoms with Crippen molar-refractivity contribution in [1.82, 2.24) is 15.2 Å². The van der Waals surface area contributed by atoms with Gasteiger partial charge < -0.3 is 19.9 Å². The van der Waals surface area contributed by atoms with Crippen LogP contribution in [0.4, 0.5) is 0 Å². The molecule has 0 amide bonds. The molecule has 0 radical (unpaired) electrons. The standard InChI is InChI=1S/C28H29N3O2S/c1-3-20-11-14-26-23(15-20)16-24(27(32)30-26)19-31(18-22-9-12-25(33-2)13-10-22)28(34)29-17-21-7-5-4-6-8-21/h4-16H,3,17-19H2,1-2H3,(H,29,34)(H,30,32). The number of aromatic amines is 1. The van der Waals surface area contributed by atoms with Gasteiger partial charge in [-0.15, -0.1) is 0 Å².